The average molecular weight is 279 g/mol. The molecule has 0 aliphatic rings. The van der Waals surface area contributed by atoms with Crippen LogP contribution in [0.3, 0.4) is 0 Å². The number of nitrogens with zero attached hydrogens (tertiary/aromatic N) is 3. The van der Waals surface area contributed by atoms with Crippen LogP contribution in [0.5, 0.6) is 0 Å². The molecule has 0 spiro atoms. The van der Waals surface area contributed by atoms with Gasteiger partial charge in [0.25, 0.3) is 0 Å². The number of rotatable bonds is 4. The summed E-state index contributed by atoms with van der Waals surface area (Å²) in [6.45, 7) is 6.33. The third-order valence-corrected chi connectivity index (χ3v) is 3.79. The fourth-order valence-electron chi connectivity index (χ4n) is 1.74. The molecule has 0 radical (unpaired) electrons. The quantitative estimate of drug-likeness (QED) is 0.884. The molecule has 0 aliphatic heterocycles. The molecule has 2 aromatic rings. The summed E-state index contributed by atoms with van der Waals surface area (Å²) in [6, 6.07) is 2.05. The molecule has 7 heteroatoms. The van der Waals surface area contributed by atoms with Crippen molar-refractivity contribution in [3.05, 3.63) is 33.9 Å². The first-order chi connectivity index (χ1) is 9.02. The molecule has 0 bridgehead atoms. The fraction of sp³-hybridized carbons (Fsp3) is 0.417. The summed E-state index contributed by atoms with van der Waals surface area (Å²) in [5.41, 5.74) is 7.40. The zero-order valence-corrected chi connectivity index (χ0v) is 12.0. The third kappa shape index (κ3) is 2.87. The summed E-state index contributed by atoms with van der Waals surface area (Å²) < 4.78 is 1.61. The van der Waals surface area contributed by atoms with E-state index in [4.69, 9.17) is 5.73 Å². The minimum absolute atomic E-state index is 0.0531. The average Bonchev–Trinajstić information content (AvgIpc) is 2.73. The van der Waals surface area contributed by atoms with Gasteiger partial charge in [-0.2, -0.15) is 0 Å². The highest BCUT2D eigenvalue weighted by atomic mass is 32.2. The Kier molecular flexibility index (Phi) is 4.06. The Hall–Kier alpha value is -1.60. The highest BCUT2D eigenvalue weighted by Gasteiger charge is 2.14. The molecule has 3 N–H and O–H groups in total. The molecule has 0 unspecified atom stereocenters. The molecular formula is C12H17N5OS. The van der Waals surface area contributed by atoms with E-state index < -0.39 is 0 Å². The highest BCUT2D eigenvalue weighted by Crippen LogP contribution is 2.27. The normalized spacial score (nSPS) is 11.2. The number of hydrogen-bond donors (Lipinski definition) is 2. The molecule has 2 rings (SSSR count). The molecule has 0 atom stereocenters. The van der Waals surface area contributed by atoms with E-state index >= 15 is 0 Å². The Morgan fingerprint density at radius 1 is 1.53 bits per heavy atom. The summed E-state index contributed by atoms with van der Waals surface area (Å²) in [7, 11) is 0. The maximum absolute atomic E-state index is 11.7. The number of nitrogens with two attached hydrogens (primary N) is 1. The minimum Gasteiger partial charge on any atom is -0.326 e. The molecule has 0 saturated carbocycles. The first kappa shape index (κ1) is 13.8. The third-order valence-electron chi connectivity index (χ3n) is 2.70. The van der Waals surface area contributed by atoms with Gasteiger partial charge in [0.1, 0.15) is 5.03 Å². The van der Waals surface area contributed by atoms with Crippen LogP contribution in [0.25, 0.3) is 0 Å². The van der Waals surface area contributed by atoms with Crippen molar-refractivity contribution in [1.29, 1.82) is 0 Å². The van der Waals surface area contributed by atoms with Gasteiger partial charge in [0.15, 0.2) is 5.16 Å². The second kappa shape index (κ2) is 5.58. The number of pyridine rings is 1. The second-order valence-corrected chi connectivity index (χ2v) is 5.50. The molecule has 0 amide bonds. The Bertz CT molecular complexity index is 631. The summed E-state index contributed by atoms with van der Waals surface area (Å²) in [6.07, 6.45) is 1.75. The lowest BCUT2D eigenvalue weighted by Crippen LogP contribution is -2.19. The summed E-state index contributed by atoms with van der Waals surface area (Å²) in [4.78, 5) is 16.0. The number of hydrogen-bond acceptors (Lipinski definition) is 5. The first-order valence-corrected chi connectivity index (χ1v) is 6.85. The van der Waals surface area contributed by atoms with E-state index in [1.807, 2.05) is 26.8 Å². The minimum atomic E-state index is -0.200. The lowest BCUT2D eigenvalue weighted by molar-refractivity contribution is 0.534. The van der Waals surface area contributed by atoms with Gasteiger partial charge < -0.3 is 5.73 Å². The molecule has 6 nitrogen and oxygen atoms in total. The number of aryl methyl sites for hydroxylation is 1. The largest absolute Gasteiger partial charge is 0.344 e. The van der Waals surface area contributed by atoms with E-state index in [0.29, 0.717) is 11.7 Å². The smallest absolute Gasteiger partial charge is 0.326 e. The standard InChI is InChI=1S/C12H17N5OS/c1-7(2)17-11(18)15-16-12(17)19-10-8(3)4-9(5-13)6-14-10/h4,6-7H,5,13H2,1-3H3,(H,15,18). The molecule has 102 valence electrons. The molecule has 2 aromatic heterocycles. The van der Waals surface area contributed by atoms with E-state index in [0.717, 1.165) is 16.2 Å². The van der Waals surface area contributed by atoms with E-state index in [1.54, 1.807) is 10.8 Å². The molecule has 19 heavy (non-hydrogen) atoms. The van der Waals surface area contributed by atoms with Gasteiger partial charge in [-0.05, 0) is 43.7 Å². The Morgan fingerprint density at radius 2 is 2.26 bits per heavy atom. The number of aromatic nitrogens is 4. The maximum Gasteiger partial charge on any atom is 0.344 e. The topological polar surface area (TPSA) is 89.6 Å². The van der Waals surface area contributed by atoms with Crippen LogP contribution in [-0.2, 0) is 6.54 Å². The van der Waals surface area contributed by atoms with Crippen molar-refractivity contribution in [2.45, 2.75) is 43.5 Å². The van der Waals surface area contributed by atoms with Crippen molar-refractivity contribution in [1.82, 2.24) is 19.7 Å². The number of aromatic amines is 1. The van der Waals surface area contributed by atoms with Gasteiger partial charge in [0.2, 0.25) is 0 Å². The highest BCUT2D eigenvalue weighted by molar-refractivity contribution is 7.99. The van der Waals surface area contributed by atoms with Crippen molar-refractivity contribution >= 4 is 11.8 Å². The van der Waals surface area contributed by atoms with Gasteiger partial charge in [-0.15, -0.1) is 5.10 Å². The zero-order chi connectivity index (χ0) is 14.0. The summed E-state index contributed by atoms with van der Waals surface area (Å²) in [5.74, 6) is 0. The van der Waals surface area contributed by atoms with E-state index in [1.165, 1.54) is 11.8 Å². The molecule has 0 fully saturated rings. The number of nitrogens with one attached hydrogen (secondary N) is 1. The summed E-state index contributed by atoms with van der Waals surface area (Å²) >= 11 is 1.38. The monoisotopic (exact) mass is 279 g/mol. The molecule has 0 aliphatic carbocycles. The van der Waals surface area contributed by atoms with Crippen LogP contribution >= 0.6 is 11.8 Å². The van der Waals surface area contributed by atoms with E-state index in [9.17, 15) is 4.79 Å². The van der Waals surface area contributed by atoms with E-state index in [-0.39, 0.29) is 11.7 Å². The van der Waals surface area contributed by atoms with Crippen LogP contribution in [-0.4, -0.2) is 19.7 Å². The Morgan fingerprint density at radius 3 is 2.84 bits per heavy atom. The van der Waals surface area contributed by atoms with Crippen molar-refractivity contribution in [3.63, 3.8) is 0 Å². The van der Waals surface area contributed by atoms with Gasteiger partial charge in [0, 0.05) is 18.8 Å². The first-order valence-electron chi connectivity index (χ1n) is 6.03. The predicted octanol–water partition coefficient (Wildman–Crippen LogP) is 1.47. The fourth-order valence-corrected chi connectivity index (χ4v) is 2.72. The van der Waals surface area contributed by atoms with Crippen molar-refractivity contribution in [2.75, 3.05) is 0 Å². The van der Waals surface area contributed by atoms with E-state index in [2.05, 4.69) is 15.2 Å². The van der Waals surface area contributed by atoms with Crippen molar-refractivity contribution in [3.8, 4) is 0 Å². The van der Waals surface area contributed by atoms with Gasteiger partial charge in [0.05, 0.1) is 0 Å². The second-order valence-electron chi connectivity index (χ2n) is 4.55. The number of H-pyrrole nitrogens is 1. The van der Waals surface area contributed by atoms with Crippen molar-refractivity contribution in [2.24, 2.45) is 5.73 Å². The maximum atomic E-state index is 11.7. The van der Waals surface area contributed by atoms with Crippen LogP contribution in [0.1, 0.15) is 31.0 Å². The predicted molar refractivity (Wildman–Crippen MR) is 74.2 cm³/mol. The van der Waals surface area contributed by atoms with Gasteiger partial charge >= 0.3 is 5.69 Å². The molecule has 0 aromatic carbocycles. The van der Waals surface area contributed by atoms with Crippen LogP contribution in [0, 0.1) is 6.92 Å². The Labute approximate surface area is 115 Å². The lowest BCUT2D eigenvalue weighted by Gasteiger charge is -2.09. The van der Waals surface area contributed by atoms with Gasteiger partial charge in [-0.1, -0.05) is 6.07 Å². The van der Waals surface area contributed by atoms with Gasteiger partial charge in [-0.3, -0.25) is 4.57 Å². The van der Waals surface area contributed by atoms with Gasteiger partial charge in [-0.25, -0.2) is 14.9 Å². The van der Waals surface area contributed by atoms with Crippen LogP contribution in [0.4, 0.5) is 0 Å². The van der Waals surface area contributed by atoms with Crippen LogP contribution < -0.4 is 11.4 Å². The summed E-state index contributed by atoms with van der Waals surface area (Å²) in [5, 5.41) is 7.96. The van der Waals surface area contributed by atoms with Crippen molar-refractivity contribution < 1.29 is 0 Å². The Balaban J connectivity index is 2.34. The SMILES string of the molecule is Cc1cc(CN)cnc1Sc1n[nH]c(=O)n1C(C)C. The molecule has 0 saturated heterocycles. The molecule has 2 heterocycles. The van der Waals surface area contributed by atoms with Crippen LogP contribution in [0.15, 0.2) is 27.2 Å². The van der Waals surface area contributed by atoms with Crippen LogP contribution in [0.2, 0.25) is 0 Å². The molecular weight excluding hydrogens is 262 g/mol. The zero-order valence-electron chi connectivity index (χ0n) is 11.2. The lowest BCUT2D eigenvalue weighted by atomic mass is 10.2.